The molecule has 0 aliphatic heterocycles. The van der Waals surface area contributed by atoms with Gasteiger partial charge in [-0.3, -0.25) is 14.2 Å². The van der Waals surface area contributed by atoms with Gasteiger partial charge < -0.3 is 4.90 Å². The van der Waals surface area contributed by atoms with Crippen molar-refractivity contribution in [2.75, 3.05) is 7.05 Å². The van der Waals surface area contributed by atoms with E-state index in [-0.39, 0.29) is 11.9 Å². The smallest absolute Gasteiger partial charge is 0.247 e. The van der Waals surface area contributed by atoms with Gasteiger partial charge >= 0.3 is 0 Å². The van der Waals surface area contributed by atoms with Gasteiger partial charge in [0.05, 0.1) is 16.9 Å². The van der Waals surface area contributed by atoms with Crippen LogP contribution in [0.2, 0.25) is 5.02 Å². The molecule has 0 bridgehead atoms. The van der Waals surface area contributed by atoms with Crippen LogP contribution in [0.5, 0.6) is 0 Å². The molecule has 0 N–H and O–H groups in total. The van der Waals surface area contributed by atoms with Crippen molar-refractivity contribution in [3.05, 3.63) is 34.4 Å². The lowest BCUT2D eigenvalue weighted by Gasteiger charge is -2.22. The fourth-order valence-electron chi connectivity index (χ4n) is 2.54. The van der Waals surface area contributed by atoms with E-state index >= 15 is 0 Å². The van der Waals surface area contributed by atoms with Crippen LogP contribution in [-0.2, 0) is 17.9 Å². The number of carbonyl (C=O) groups is 1. The highest BCUT2D eigenvalue weighted by Crippen LogP contribution is 2.18. The second-order valence-electron chi connectivity index (χ2n) is 5.47. The van der Waals surface area contributed by atoms with E-state index in [0.717, 1.165) is 23.5 Å². The average Bonchev–Trinajstić information content (AvgIpc) is 3.03. The molecular weight excluding hydrogens is 302 g/mol. The summed E-state index contributed by atoms with van der Waals surface area (Å²) in [5.74, 6) is -0.0113. The van der Waals surface area contributed by atoms with Gasteiger partial charge in [0.15, 0.2) is 0 Å². The van der Waals surface area contributed by atoms with Crippen LogP contribution in [0.1, 0.15) is 36.8 Å². The van der Waals surface area contributed by atoms with Crippen molar-refractivity contribution in [3.63, 3.8) is 0 Å². The molecule has 2 aromatic rings. The van der Waals surface area contributed by atoms with Crippen LogP contribution >= 0.6 is 11.6 Å². The minimum Gasteiger partial charge on any atom is -0.339 e. The maximum Gasteiger partial charge on any atom is 0.247 e. The molecule has 2 rings (SSSR count). The van der Waals surface area contributed by atoms with E-state index in [0.29, 0.717) is 11.6 Å². The van der Waals surface area contributed by atoms with Gasteiger partial charge in [0, 0.05) is 37.6 Å². The number of hydrogen-bond acceptors (Lipinski definition) is 3. The molecule has 0 aromatic carbocycles. The van der Waals surface area contributed by atoms with Crippen LogP contribution in [-0.4, -0.2) is 37.4 Å². The predicted octanol–water partition coefficient (Wildman–Crippen LogP) is 2.59. The normalized spacial score (nSPS) is 12.5. The summed E-state index contributed by atoms with van der Waals surface area (Å²) in [6.07, 6.45) is 3.19. The molecule has 1 atom stereocenters. The molecule has 0 saturated heterocycles. The van der Waals surface area contributed by atoms with Crippen LogP contribution in [0.4, 0.5) is 0 Å². The molecule has 0 saturated carbocycles. The van der Waals surface area contributed by atoms with Crippen molar-refractivity contribution in [2.24, 2.45) is 0 Å². The van der Waals surface area contributed by atoms with Gasteiger partial charge in [-0.2, -0.15) is 10.2 Å². The first kappa shape index (κ1) is 16.5. The monoisotopic (exact) mass is 323 g/mol. The summed E-state index contributed by atoms with van der Waals surface area (Å²) in [4.78, 5) is 14.3. The largest absolute Gasteiger partial charge is 0.339 e. The minimum atomic E-state index is -0.390. The summed E-state index contributed by atoms with van der Waals surface area (Å²) in [7, 11) is 1.80. The topological polar surface area (TPSA) is 56.0 Å². The molecule has 1 unspecified atom stereocenters. The molecule has 120 valence electrons. The van der Waals surface area contributed by atoms with Crippen molar-refractivity contribution >= 4 is 17.5 Å². The van der Waals surface area contributed by atoms with Crippen molar-refractivity contribution in [1.29, 1.82) is 0 Å². The lowest BCUT2D eigenvalue weighted by atomic mass is 10.1. The Morgan fingerprint density at radius 3 is 2.64 bits per heavy atom. The van der Waals surface area contributed by atoms with Crippen LogP contribution in [0.25, 0.3) is 0 Å². The molecule has 22 heavy (non-hydrogen) atoms. The number of halogens is 1. The zero-order chi connectivity index (χ0) is 16.4. The lowest BCUT2D eigenvalue weighted by molar-refractivity contribution is -0.133. The third kappa shape index (κ3) is 3.16. The molecular formula is C15H22ClN5O. The van der Waals surface area contributed by atoms with E-state index in [4.69, 9.17) is 11.6 Å². The van der Waals surface area contributed by atoms with E-state index in [9.17, 15) is 4.79 Å². The Morgan fingerprint density at radius 1 is 1.45 bits per heavy atom. The Bertz CT molecular complexity index is 676. The summed E-state index contributed by atoms with van der Waals surface area (Å²) < 4.78 is 3.54. The fourth-order valence-corrected chi connectivity index (χ4v) is 2.69. The van der Waals surface area contributed by atoms with Crippen LogP contribution in [0.3, 0.4) is 0 Å². The third-order valence-corrected chi connectivity index (χ3v) is 4.12. The molecule has 1 amide bonds. The highest BCUT2D eigenvalue weighted by molar-refractivity contribution is 6.30. The Hall–Kier alpha value is -1.82. The van der Waals surface area contributed by atoms with Gasteiger partial charge in [0.25, 0.3) is 0 Å². The van der Waals surface area contributed by atoms with E-state index in [2.05, 4.69) is 17.1 Å². The number of rotatable bonds is 5. The number of likely N-dealkylation sites (N-methyl/N-ethyl adjacent to an activating group) is 1. The molecule has 7 heteroatoms. The Labute approximate surface area is 135 Å². The van der Waals surface area contributed by atoms with Crippen LogP contribution < -0.4 is 0 Å². The molecule has 0 radical (unpaired) electrons. The highest BCUT2D eigenvalue weighted by atomic mass is 35.5. The summed E-state index contributed by atoms with van der Waals surface area (Å²) in [6.45, 7) is 9.25. The van der Waals surface area contributed by atoms with Gasteiger partial charge in [0.2, 0.25) is 5.91 Å². The fraction of sp³-hybridized carbons (Fsp3) is 0.533. The molecule has 6 nitrogen and oxygen atoms in total. The second kappa shape index (κ2) is 6.52. The van der Waals surface area contributed by atoms with Crippen LogP contribution in [0, 0.1) is 13.8 Å². The molecule has 0 aliphatic carbocycles. The maximum atomic E-state index is 12.6. The number of carbonyl (C=O) groups excluding carboxylic acids is 1. The number of nitrogens with zero attached hydrogens (tertiary/aromatic N) is 5. The van der Waals surface area contributed by atoms with Gasteiger partial charge in [-0.05, 0) is 27.7 Å². The summed E-state index contributed by atoms with van der Waals surface area (Å²) >= 11 is 5.86. The van der Waals surface area contributed by atoms with Crippen molar-refractivity contribution in [2.45, 2.75) is 46.8 Å². The first-order valence-electron chi connectivity index (χ1n) is 7.32. The van der Waals surface area contributed by atoms with E-state index in [1.54, 1.807) is 22.8 Å². The number of aryl methyl sites for hydroxylation is 2. The number of amides is 1. The van der Waals surface area contributed by atoms with E-state index in [1.807, 2.05) is 25.5 Å². The quantitative estimate of drug-likeness (QED) is 0.849. The maximum absolute atomic E-state index is 12.6. The summed E-state index contributed by atoms with van der Waals surface area (Å²) in [5, 5.41) is 9.12. The molecule has 0 fully saturated rings. The molecule has 0 spiro atoms. The van der Waals surface area contributed by atoms with Gasteiger partial charge in [-0.25, -0.2) is 0 Å². The second-order valence-corrected chi connectivity index (χ2v) is 5.91. The van der Waals surface area contributed by atoms with E-state index < -0.39 is 0 Å². The standard InChI is InChI=1S/C15H22ClN5O/c1-6-20-11(3)14(10(2)18-20)9-19(5)15(22)12(4)21-8-13(16)7-17-21/h7-8,12H,6,9H2,1-5H3. The zero-order valence-corrected chi connectivity index (χ0v) is 14.4. The minimum absolute atomic E-state index is 0.0113. The SMILES string of the molecule is CCn1nc(C)c(CN(C)C(=O)C(C)n2cc(Cl)cn2)c1C. The van der Waals surface area contributed by atoms with Crippen molar-refractivity contribution in [1.82, 2.24) is 24.5 Å². The van der Waals surface area contributed by atoms with E-state index in [1.165, 1.54) is 6.20 Å². The zero-order valence-electron chi connectivity index (χ0n) is 13.7. The Balaban J connectivity index is 2.13. The molecule has 2 aromatic heterocycles. The van der Waals surface area contributed by atoms with Gasteiger partial charge in [-0.1, -0.05) is 11.6 Å². The van der Waals surface area contributed by atoms with Gasteiger partial charge in [-0.15, -0.1) is 0 Å². The first-order chi connectivity index (χ1) is 10.3. The van der Waals surface area contributed by atoms with Gasteiger partial charge in [0.1, 0.15) is 6.04 Å². The van der Waals surface area contributed by atoms with Crippen molar-refractivity contribution < 1.29 is 4.79 Å². The number of aromatic nitrogens is 4. The number of hydrogen-bond donors (Lipinski definition) is 0. The van der Waals surface area contributed by atoms with Crippen molar-refractivity contribution in [3.8, 4) is 0 Å². The Kier molecular flexibility index (Phi) is 4.90. The molecule has 0 aliphatic rings. The first-order valence-corrected chi connectivity index (χ1v) is 7.70. The third-order valence-electron chi connectivity index (χ3n) is 3.93. The molecule has 2 heterocycles. The summed E-state index contributed by atoms with van der Waals surface area (Å²) in [6, 6.07) is -0.390. The van der Waals surface area contributed by atoms with Crippen LogP contribution in [0.15, 0.2) is 12.4 Å². The average molecular weight is 324 g/mol. The summed E-state index contributed by atoms with van der Waals surface area (Å²) in [5.41, 5.74) is 3.17. The predicted molar refractivity (Wildman–Crippen MR) is 85.8 cm³/mol. The highest BCUT2D eigenvalue weighted by Gasteiger charge is 2.22. The lowest BCUT2D eigenvalue weighted by Crippen LogP contribution is -2.33. The Morgan fingerprint density at radius 2 is 2.14 bits per heavy atom.